The maximum Gasteiger partial charge on any atom is 0.216 e. The fourth-order valence-electron chi connectivity index (χ4n) is 2.72. The standard InChI is InChI=1S/C15H22N2O2/c1-11(19)16-6-7-17-10-15(2,3)13-5-4-12(9-18)8-14(13)17/h4-5,8,18H,6-7,9-10H2,1-3H3,(H,16,19). The van der Waals surface area contributed by atoms with Crippen LogP contribution >= 0.6 is 0 Å². The second-order valence-electron chi connectivity index (χ2n) is 5.80. The van der Waals surface area contributed by atoms with Gasteiger partial charge in [0, 0.05) is 37.7 Å². The normalized spacial score (nSPS) is 16.3. The molecule has 0 aromatic heterocycles. The number of hydrogen-bond donors (Lipinski definition) is 2. The van der Waals surface area contributed by atoms with Gasteiger partial charge in [-0.25, -0.2) is 0 Å². The van der Waals surface area contributed by atoms with E-state index in [9.17, 15) is 9.90 Å². The highest BCUT2D eigenvalue weighted by atomic mass is 16.3. The number of aliphatic hydroxyl groups excluding tert-OH is 1. The summed E-state index contributed by atoms with van der Waals surface area (Å²) < 4.78 is 0. The highest BCUT2D eigenvalue weighted by Crippen LogP contribution is 2.40. The van der Waals surface area contributed by atoms with Gasteiger partial charge in [0.1, 0.15) is 0 Å². The molecule has 4 heteroatoms. The Labute approximate surface area is 114 Å². The van der Waals surface area contributed by atoms with Gasteiger partial charge < -0.3 is 15.3 Å². The predicted molar refractivity (Wildman–Crippen MR) is 76.3 cm³/mol. The van der Waals surface area contributed by atoms with Crippen LogP contribution in [0.5, 0.6) is 0 Å². The molecule has 2 N–H and O–H groups in total. The SMILES string of the molecule is CC(=O)NCCN1CC(C)(C)c2ccc(CO)cc21. The topological polar surface area (TPSA) is 52.6 Å². The van der Waals surface area contributed by atoms with Crippen molar-refractivity contribution in [3.8, 4) is 0 Å². The summed E-state index contributed by atoms with van der Waals surface area (Å²) in [5.41, 5.74) is 3.54. The smallest absolute Gasteiger partial charge is 0.216 e. The van der Waals surface area contributed by atoms with Crippen molar-refractivity contribution in [1.29, 1.82) is 0 Å². The highest BCUT2D eigenvalue weighted by Gasteiger charge is 2.34. The molecule has 1 aliphatic rings. The summed E-state index contributed by atoms with van der Waals surface area (Å²) in [6, 6.07) is 6.15. The van der Waals surface area contributed by atoms with E-state index in [0.29, 0.717) is 6.54 Å². The largest absolute Gasteiger partial charge is 0.392 e. The fraction of sp³-hybridized carbons (Fsp3) is 0.533. The quantitative estimate of drug-likeness (QED) is 0.862. The summed E-state index contributed by atoms with van der Waals surface area (Å²) in [7, 11) is 0. The lowest BCUT2D eigenvalue weighted by atomic mass is 9.86. The van der Waals surface area contributed by atoms with Gasteiger partial charge in [-0.3, -0.25) is 4.79 Å². The van der Waals surface area contributed by atoms with Gasteiger partial charge in [-0.05, 0) is 17.2 Å². The Balaban J connectivity index is 2.18. The first-order valence-electron chi connectivity index (χ1n) is 6.68. The molecule has 0 atom stereocenters. The van der Waals surface area contributed by atoms with Gasteiger partial charge in [0.15, 0.2) is 0 Å². The monoisotopic (exact) mass is 262 g/mol. The van der Waals surface area contributed by atoms with Crippen LogP contribution in [-0.4, -0.2) is 30.6 Å². The van der Waals surface area contributed by atoms with Crippen molar-refractivity contribution < 1.29 is 9.90 Å². The van der Waals surface area contributed by atoms with Crippen LogP contribution in [-0.2, 0) is 16.8 Å². The number of amides is 1. The number of aliphatic hydroxyl groups is 1. The molecule has 2 rings (SSSR count). The van der Waals surface area contributed by atoms with Gasteiger partial charge in [-0.15, -0.1) is 0 Å². The Kier molecular flexibility index (Phi) is 3.80. The molecule has 0 radical (unpaired) electrons. The van der Waals surface area contributed by atoms with Crippen LogP contribution in [0.1, 0.15) is 31.9 Å². The average molecular weight is 262 g/mol. The first-order chi connectivity index (χ1) is 8.94. The Morgan fingerprint density at radius 3 is 2.84 bits per heavy atom. The minimum absolute atomic E-state index is 0.00258. The Bertz CT molecular complexity index is 483. The van der Waals surface area contributed by atoms with Crippen molar-refractivity contribution in [2.24, 2.45) is 0 Å². The van der Waals surface area contributed by atoms with Gasteiger partial charge in [-0.2, -0.15) is 0 Å². The van der Waals surface area contributed by atoms with Crippen molar-refractivity contribution in [3.63, 3.8) is 0 Å². The number of carbonyl (C=O) groups excluding carboxylic acids is 1. The molecule has 19 heavy (non-hydrogen) atoms. The van der Waals surface area contributed by atoms with E-state index in [1.54, 1.807) is 0 Å². The summed E-state index contributed by atoms with van der Waals surface area (Å²) >= 11 is 0. The molecular weight excluding hydrogens is 240 g/mol. The van der Waals surface area contributed by atoms with E-state index < -0.39 is 0 Å². The number of anilines is 1. The van der Waals surface area contributed by atoms with Crippen molar-refractivity contribution in [1.82, 2.24) is 5.32 Å². The Morgan fingerprint density at radius 2 is 2.21 bits per heavy atom. The predicted octanol–water partition coefficient (Wildman–Crippen LogP) is 1.41. The summed E-state index contributed by atoms with van der Waals surface area (Å²) in [5, 5.41) is 12.1. The van der Waals surface area contributed by atoms with Crippen molar-refractivity contribution in [2.75, 3.05) is 24.5 Å². The number of rotatable bonds is 4. The van der Waals surface area contributed by atoms with E-state index in [1.165, 1.54) is 18.2 Å². The van der Waals surface area contributed by atoms with E-state index in [-0.39, 0.29) is 17.9 Å². The van der Waals surface area contributed by atoms with Crippen LogP contribution in [0.4, 0.5) is 5.69 Å². The minimum atomic E-state index is 0.00258. The molecule has 4 nitrogen and oxygen atoms in total. The molecule has 1 amide bonds. The van der Waals surface area contributed by atoms with Crippen molar-refractivity contribution in [2.45, 2.75) is 32.8 Å². The molecule has 0 saturated carbocycles. The maximum absolute atomic E-state index is 10.9. The third kappa shape index (κ3) is 2.89. The Hall–Kier alpha value is -1.55. The van der Waals surface area contributed by atoms with Crippen LogP contribution in [0, 0.1) is 0 Å². The lowest BCUT2D eigenvalue weighted by Gasteiger charge is -2.22. The van der Waals surface area contributed by atoms with Crippen LogP contribution < -0.4 is 10.2 Å². The van der Waals surface area contributed by atoms with Crippen LogP contribution in [0.15, 0.2) is 18.2 Å². The van der Waals surface area contributed by atoms with E-state index >= 15 is 0 Å². The molecule has 1 aromatic rings. The molecular formula is C15H22N2O2. The molecule has 0 fully saturated rings. The number of nitrogens with one attached hydrogen (secondary N) is 1. The van der Waals surface area contributed by atoms with E-state index in [4.69, 9.17) is 0 Å². The van der Waals surface area contributed by atoms with Gasteiger partial charge in [0.05, 0.1) is 6.61 Å². The first-order valence-corrected chi connectivity index (χ1v) is 6.68. The summed E-state index contributed by atoms with van der Waals surface area (Å²) in [6.07, 6.45) is 0. The first kappa shape index (κ1) is 13.9. The zero-order chi connectivity index (χ0) is 14.0. The number of nitrogens with zero attached hydrogens (tertiary/aromatic N) is 1. The summed E-state index contributed by atoms with van der Waals surface area (Å²) in [6.45, 7) is 8.43. The van der Waals surface area contributed by atoms with Crippen molar-refractivity contribution >= 4 is 11.6 Å². The van der Waals surface area contributed by atoms with Crippen LogP contribution in [0.25, 0.3) is 0 Å². The summed E-state index contributed by atoms with van der Waals surface area (Å²) in [4.78, 5) is 13.2. The minimum Gasteiger partial charge on any atom is -0.392 e. The molecule has 1 heterocycles. The number of benzene rings is 1. The lowest BCUT2D eigenvalue weighted by Crippen LogP contribution is -2.35. The molecule has 0 spiro atoms. The number of hydrogen-bond acceptors (Lipinski definition) is 3. The van der Waals surface area contributed by atoms with E-state index in [1.807, 2.05) is 6.07 Å². The van der Waals surface area contributed by atoms with Gasteiger partial charge in [0.2, 0.25) is 5.91 Å². The van der Waals surface area contributed by atoms with Gasteiger partial charge >= 0.3 is 0 Å². The van der Waals surface area contributed by atoms with Crippen molar-refractivity contribution in [3.05, 3.63) is 29.3 Å². The zero-order valence-corrected chi connectivity index (χ0v) is 11.9. The number of fused-ring (bicyclic) bond motifs is 1. The lowest BCUT2D eigenvalue weighted by molar-refractivity contribution is -0.118. The average Bonchev–Trinajstić information content (AvgIpc) is 2.60. The maximum atomic E-state index is 10.9. The van der Waals surface area contributed by atoms with Crippen LogP contribution in [0.3, 0.4) is 0 Å². The van der Waals surface area contributed by atoms with Crippen LogP contribution in [0.2, 0.25) is 0 Å². The molecule has 0 unspecified atom stereocenters. The van der Waals surface area contributed by atoms with E-state index in [2.05, 4.69) is 36.2 Å². The zero-order valence-electron chi connectivity index (χ0n) is 11.9. The molecule has 1 aliphatic heterocycles. The molecule has 0 aliphatic carbocycles. The Morgan fingerprint density at radius 1 is 1.47 bits per heavy atom. The molecule has 0 bridgehead atoms. The second kappa shape index (κ2) is 5.21. The fourth-order valence-corrected chi connectivity index (χ4v) is 2.72. The molecule has 0 saturated heterocycles. The molecule has 104 valence electrons. The van der Waals surface area contributed by atoms with E-state index in [0.717, 1.165) is 18.7 Å². The number of carbonyl (C=O) groups is 1. The third-order valence-electron chi connectivity index (χ3n) is 3.66. The second-order valence-corrected chi connectivity index (χ2v) is 5.80. The molecule has 1 aromatic carbocycles. The highest BCUT2D eigenvalue weighted by molar-refractivity contribution is 5.73. The van der Waals surface area contributed by atoms with Gasteiger partial charge in [-0.1, -0.05) is 26.0 Å². The van der Waals surface area contributed by atoms with Gasteiger partial charge in [0.25, 0.3) is 0 Å². The summed E-state index contributed by atoms with van der Waals surface area (Å²) in [5.74, 6) is 0.00258. The third-order valence-corrected chi connectivity index (χ3v) is 3.66.